The Morgan fingerprint density at radius 2 is 2.18 bits per heavy atom. The van der Waals surface area contributed by atoms with Gasteiger partial charge >= 0.3 is 5.97 Å². The fourth-order valence-corrected chi connectivity index (χ4v) is 1.70. The molecule has 1 N–H and O–H groups in total. The number of fused-ring (bicyclic) bond motifs is 1. The van der Waals surface area contributed by atoms with E-state index in [-0.39, 0.29) is 6.79 Å². The Kier molecular flexibility index (Phi) is 2.86. The van der Waals surface area contributed by atoms with Crippen molar-refractivity contribution in [2.45, 2.75) is 6.04 Å². The minimum atomic E-state index is -1.10. The Balaban J connectivity index is 2.36. The molecule has 1 aromatic carbocycles. The molecule has 90 valence electrons. The maximum atomic E-state index is 11.1. The number of hydrogen-bond acceptors (Lipinski definition) is 4. The van der Waals surface area contributed by atoms with Gasteiger partial charge in [0.15, 0.2) is 17.5 Å². The fraction of sp³-hybridized carbons (Fsp3) is 0.273. The van der Waals surface area contributed by atoms with Crippen molar-refractivity contribution in [1.29, 1.82) is 0 Å². The lowest BCUT2D eigenvalue weighted by Gasteiger charge is -2.20. The predicted molar refractivity (Wildman–Crippen MR) is 56.8 cm³/mol. The van der Waals surface area contributed by atoms with Gasteiger partial charge in [-0.2, -0.15) is 0 Å². The molecule has 6 nitrogen and oxygen atoms in total. The molecule has 0 aliphatic carbocycles. The molecule has 0 spiro atoms. The van der Waals surface area contributed by atoms with Crippen LogP contribution < -0.4 is 9.47 Å². The summed E-state index contributed by atoms with van der Waals surface area (Å²) in [6.07, 6.45) is 0.476. The zero-order valence-electron chi connectivity index (χ0n) is 9.12. The second-order valence-corrected chi connectivity index (χ2v) is 3.62. The maximum Gasteiger partial charge on any atom is 0.331 e. The van der Waals surface area contributed by atoms with Gasteiger partial charge in [-0.1, -0.05) is 6.07 Å². The monoisotopic (exact) mass is 237 g/mol. The summed E-state index contributed by atoms with van der Waals surface area (Å²) < 4.78 is 10.3. The van der Waals surface area contributed by atoms with Crippen molar-refractivity contribution in [2.24, 2.45) is 0 Å². The molecule has 2 rings (SSSR count). The molecule has 0 aromatic heterocycles. The van der Waals surface area contributed by atoms with Crippen molar-refractivity contribution < 1.29 is 24.2 Å². The van der Waals surface area contributed by atoms with E-state index in [1.807, 2.05) is 0 Å². The molecule has 6 heteroatoms. The summed E-state index contributed by atoms with van der Waals surface area (Å²) in [5.74, 6) is -0.0295. The van der Waals surface area contributed by atoms with Gasteiger partial charge in [-0.3, -0.25) is 4.79 Å². The second kappa shape index (κ2) is 4.32. The number of benzene rings is 1. The van der Waals surface area contributed by atoms with Crippen LogP contribution in [-0.2, 0) is 9.59 Å². The van der Waals surface area contributed by atoms with Gasteiger partial charge < -0.3 is 19.5 Å². The van der Waals surface area contributed by atoms with Crippen LogP contribution in [0.15, 0.2) is 18.2 Å². The Hall–Kier alpha value is -2.24. The van der Waals surface area contributed by atoms with Crippen LogP contribution in [0, 0.1) is 0 Å². The summed E-state index contributed by atoms with van der Waals surface area (Å²) in [7, 11) is 1.41. The highest BCUT2D eigenvalue weighted by atomic mass is 16.7. The molecule has 0 saturated carbocycles. The molecule has 1 aliphatic heterocycles. The Morgan fingerprint density at radius 3 is 2.82 bits per heavy atom. The Labute approximate surface area is 97.4 Å². The summed E-state index contributed by atoms with van der Waals surface area (Å²) in [5, 5.41) is 9.10. The van der Waals surface area contributed by atoms with E-state index in [2.05, 4.69) is 0 Å². The summed E-state index contributed by atoms with van der Waals surface area (Å²) >= 11 is 0. The van der Waals surface area contributed by atoms with E-state index >= 15 is 0 Å². The summed E-state index contributed by atoms with van der Waals surface area (Å²) in [6.45, 7) is 0.125. The molecule has 17 heavy (non-hydrogen) atoms. The van der Waals surface area contributed by atoms with Crippen LogP contribution in [-0.4, -0.2) is 36.2 Å². The first-order valence-electron chi connectivity index (χ1n) is 4.93. The van der Waals surface area contributed by atoms with Crippen molar-refractivity contribution in [3.8, 4) is 11.5 Å². The molecule has 1 aliphatic rings. The van der Waals surface area contributed by atoms with Crippen LogP contribution in [0.25, 0.3) is 0 Å². The second-order valence-electron chi connectivity index (χ2n) is 3.62. The van der Waals surface area contributed by atoms with E-state index in [4.69, 9.17) is 14.6 Å². The average molecular weight is 237 g/mol. The molecular weight excluding hydrogens is 226 g/mol. The quantitative estimate of drug-likeness (QED) is 0.777. The first kappa shape index (κ1) is 11.3. The predicted octanol–water partition coefficient (Wildman–Crippen LogP) is 0.629. The van der Waals surface area contributed by atoms with Crippen molar-refractivity contribution in [2.75, 3.05) is 13.8 Å². The molecule has 0 saturated heterocycles. The van der Waals surface area contributed by atoms with Crippen LogP contribution in [0.4, 0.5) is 0 Å². The number of ether oxygens (including phenoxy) is 2. The Bertz CT molecular complexity index is 459. The first-order valence-corrected chi connectivity index (χ1v) is 4.93. The van der Waals surface area contributed by atoms with E-state index in [9.17, 15) is 9.59 Å². The van der Waals surface area contributed by atoms with E-state index in [0.29, 0.717) is 23.5 Å². The van der Waals surface area contributed by atoms with Gasteiger partial charge in [0, 0.05) is 7.05 Å². The fourth-order valence-electron chi connectivity index (χ4n) is 1.70. The lowest BCUT2D eigenvalue weighted by molar-refractivity contribution is -0.145. The minimum Gasteiger partial charge on any atom is -0.479 e. The largest absolute Gasteiger partial charge is 0.479 e. The van der Waals surface area contributed by atoms with Crippen molar-refractivity contribution in [3.05, 3.63) is 23.8 Å². The van der Waals surface area contributed by atoms with Crippen LogP contribution in [0.5, 0.6) is 11.5 Å². The van der Waals surface area contributed by atoms with Gasteiger partial charge in [0.05, 0.1) is 0 Å². The molecule has 1 unspecified atom stereocenters. The number of hydrogen-bond donors (Lipinski definition) is 1. The number of rotatable bonds is 4. The van der Waals surface area contributed by atoms with Gasteiger partial charge in [0.1, 0.15) is 0 Å². The molecular formula is C11H11NO5. The zero-order valence-corrected chi connectivity index (χ0v) is 9.12. The highest BCUT2D eigenvalue weighted by molar-refractivity contribution is 5.78. The number of carbonyl (C=O) groups excluding carboxylic acids is 1. The Morgan fingerprint density at radius 1 is 1.47 bits per heavy atom. The average Bonchev–Trinajstić information content (AvgIpc) is 2.75. The molecule has 1 heterocycles. The highest BCUT2D eigenvalue weighted by Gasteiger charge is 2.26. The van der Waals surface area contributed by atoms with E-state index in [1.54, 1.807) is 18.2 Å². The van der Waals surface area contributed by atoms with Gasteiger partial charge in [-0.05, 0) is 17.7 Å². The standard InChI is InChI=1S/C11H11NO5/c1-12(5-13)10(11(14)15)7-2-3-8-9(4-7)17-6-16-8/h2-5,10H,6H2,1H3,(H,14,15). The zero-order chi connectivity index (χ0) is 12.4. The summed E-state index contributed by atoms with van der Waals surface area (Å²) in [4.78, 5) is 22.9. The van der Waals surface area contributed by atoms with Crippen LogP contribution in [0.2, 0.25) is 0 Å². The molecule has 1 atom stereocenters. The maximum absolute atomic E-state index is 11.1. The highest BCUT2D eigenvalue weighted by Crippen LogP contribution is 2.35. The number of carboxylic acid groups (broad SMARTS) is 1. The number of carboxylic acids is 1. The van der Waals surface area contributed by atoms with Crippen molar-refractivity contribution in [3.63, 3.8) is 0 Å². The van der Waals surface area contributed by atoms with E-state index in [1.165, 1.54) is 7.05 Å². The third kappa shape index (κ3) is 2.01. The topological polar surface area (TPSA) is 76.1 Å². The normalized spacial score (nSPS) is 14.2. The van der Waals surface area contributed by atoms with Gasteiger partial charge in [0.2, 0.25) is 13.2 Å². The van der Waals surface area contributed by atoms with Crippen LogP contribution in [0.1, 0.15) is 11.6 Å². The molecule has 1 amide bonds. The minimum absolute atomic E-state index is 0.125. The number of likely N-dealkylation sites (N-methyl/N-ethyl adjacent to an activating group) is 1. The third-order valence-corrected chi connectivity index (χ3v) is 2.52. The molecule has 0 fully saturated rings. The number of amides is 1. The SMILES string of the molecule is CN(C=O)C(C(=O)O)c1ccc2c(c1)OCO2. The van der Waals surface area contributed by atoms with Crippen molar-refractivity contribution >= 4 is 12.4 Å². The number of carbonyl (C=O) groups is 2. The van der Waals surface area contributed by atoms with Gasteiger partial charge in [0.25, 0.3) is 0 Å². The van der Waals surface area contributed by atoms with Gasteiger partial charge in [-0.25, -0.2) is 4.79 Å². The summed E-state index contributed by atoms with van der Waals surface area (Å²) in [6, 6.07) is 3.78. The molecule has 0 radical (unpaired) electrons. The summed E-state index contributed by atoms with van der Waals surface area (Å²) in [5.41, 5.74) is 0.469. The third-order valence-electron chi connectivity index (χ3n) is 2.52. The van der Waals surface area contributed by atoms with Crippen LogP contribution in [0.3, 0.4) is 0 Å². The number of nitrogens with zero attached hydrogens (tertiary/aromatic N) is 1. The molecule has 1 aromatic rings. The molecule has 0 bridgehead atoms. The van der Waals surface area contributed by atoms with Gasteiger partial charge in [-0.15, -0.1) is 0 Å². The van der Waals surface area contributed by atoms with E-state index in [0.717, 1.165) is 4.90 Å². The smallest absolute Gasteiger partial charge is 0.331 e. The first-order chi connectivity index (χ1) is 8.13. The lowest BCUT2D eigenvalue weighted by atomic mass is 10.1. The number of aliphatic carboxylic acids is 1. The van der Waals surface area contributed by atoms with Crippen molar-refractivity contribution in [1.82, 2.24) is 4.90 Å². The van der Waals surface area contributed by atoms with E-state index < -0.39 is 12.0 Å². The lowest BCUT2D eigenvalue weighted by Crippen LogP contribution is -2.29. The van der Waals surface area contributed by atoms with Crippen LogP contribution >= 0.6 is 0 Å².